The Morgan fingerprint density at radius 2 is 1.79 bits per heavy atom. The summed E-state index contributed by atoms with van der Waals surface area (Å²) in [6.45, 7) is 6.67. The smallest absolute Gasteiger partial charge is 0.244 e. The zero-order chi connectivity index (χ0) is 25.6. The minimum absolute atomic E-state index is 0.0922. The molecule has 1 atom stereocenters. The monoisotopic (exact) mass is 509 g/mol. The molecule has 0 fully saturated rings. The van der Waals surface area contributed by atoms with E-state index in [9.17, 15) is 18.0 Å². The van der Waals surface area contributed by atoms with Crippen molar-refractivity contribution in [2.45, 2.75) is 46.3 Å². The molecule has 2 rings (SSSR count). The van der Waals surface area contributed by atoms with Crippen LogP contribution in [0.5, 0.6) is 5.75 Å². The van der Waals surface area contributed by atoms with Crippen molar-refractivity contribution in [2.75, 3.05) is 24.2 Å². The number of hydrogen-bond donors (Lipinski definition) is 1. The quantitative estimate of drug-likeness (QED) is 0.529. The molecule has 0 radical (unpaired) electrons. The fourth-order valence-corrected chi connectivity index (χ4v) is 4.32. The van der Waals surface area contributed by atoms with Crippen LogP contribution in [-0.4, -0.2) is 57.1 Å². The SMILES string of the molecule is COc1cccc(CN(C(=O)CN(c2ccc(C)c(Cl)c2)S(C)(=O)=O)[C@H](C)C(=O)NC(C)C)c1. The Morgan fingerprint density at radius 1 is 1.12 bits per heavy atom. The van der Waals surface area contributed by atoms with E-state index < -0.39 is 28.5 Å². The molecule has 186 valence electrons. The van der Waals surface area contributed by atoms with Gasteiger partial charge in [0.1, 0.15) is 18.3 Å². The molecule has 2 aromatic rings. The van der Waals surface area contributed by atoms with E-state index in [-0.39, 0.29) is 24.2 Å². The van der Waals surface area contributed by atoms with Crippen molar-refractivity contribution in [1.29, 1.82) is 0 Å². The second-order valence-electron chi connectivity index (χ2n) is 8.42. The van der Waals surface area contributed by atoms with Crippen molar-refractivity contribution in [3.05, 3.63) is 58.6 Å². The second-order valence-corrected chi connectivity index (χ2v) is 10.7. The Labute approximate surface area is 206 Å². The molecule has 2 amide bonds. The average molecular weight is 510 g/mol. The molecule has 2 aromatic carbocycles. The predicted octanol–water partition coefficient (Wildman–Crippen LogP) is 3.36. The second kappa shape index (κ2) is 11.6. The maximum absolute atomic E-state index is 13.5. The summed E-state index contributed by atoms with van der Waals surface area (Å²) in [5.41, 5.74) is 1.79. The lowest BCUT2D eigenvalue weighted by Crippen LogP contribution is -2.52. The first-order chi connectivity index (χ1) is 15.8. The highest BCUT2D eigenvalue weighted by Gasteiger charge is 2.30. The molecule has 10 heteroatoms. The normalized spacial score (nSPS) is 12.2. The highest BCUT2D eigenvalue weighted by Crippen LogP contribution is 2.25. The Hall–Kier alpha value is -2.78. The summed E-state index contributed by atoms with van der Waals surface area (Å²) in [5.74, 6) is -0.261. The van der Waals surface area contributed by atoms with Crippen LogP contribution in [0.25, 0.3) is 0 Å². The molecule has 0 aliphatic rings. The molecule has 1 N–H and O–H groups in total. The van der Waals surface area contributed by atoms with Crippen molar-refractivity contribution in [2.24, 2.45) is 0 Å². The van der Waals surface area contributed by atoms with Crippen LogP contribution in [0.3, 0.4) is 0 Å². The summed E-state index contributed by atoms with van der Waals surface area (Å²) in [7, 11) is -2.28. The van der Waals surface area contributed by atoms with Crippen LogP contribution < -0.4 is 14.4 Å². The van der Waals surface area contributed by atoms with E-state index in [1.54, 1.807) is 44.2 Å². The number of nitrogens with zero attached hydrogens (tertiary/aromatic N) is 2. The van der Waals surface area contributed by atoms with E-state index in [1.165, 1.54) is 18.1 Å². The highest BCUT2D eigenvalue weighted by atomic mass is 35.5. The minimum Gasteiger partial charge on any atom is -0.497 e. The molecule has 0 heterocycles. The topological polar surface area (TPSA) is 96.0 Å². The van der Waals surface area contributed by atoms with Crippen molar-refractivity contribution in [3.63, 3.8) is 0 Å². The molecular weight excluding hydrogens is 478 g/mol. The van der Waals surface area contributed by atoms with Gasteiger partial charge in [-0.25, -0.2) is 8.42 Å². The maximum atomic E-state index is 13.5. The van der Waals surface area contributed by atoms with E-state index in [0.29, 0.717) is 10.8 Å². The number of amides is 2. The summed E-state index contributed by atoms with van der Waals surface area (Å²) in [6.07, 6.45) is 1.02. The first-order valence-corrected chi connectivity index (χ1v) is 13.0. The maximum Gasteiger partial charge on any atom is 0.244 e. The summed E-state index contributed by atoms with van der Waals surface area (Å²) in [6, 6.07) is 11.0. The largest absolute Gasteiger partial charge is 0.497 e. The van der Waals surface area contributed by atoms with Crippen LogP contribution in [0, 0.1) is 6.92 Å². The zero-order valence-electron chi connectivity index (χ0n) is 20.3. The Kier molecular flexibility index (Phi) is 9.35. The Morgan fingerprint density at radius 3 is 2.35 bits per heavy atom. The third-order valence-corrected chi connectivity index (χ3v) is 6.76. The third kappa shape index (κ3) is 7.36. The van der Waals surface area contributed by atoms with Crippen molar-refractivity contribution >= 4 is 39.1 Å². The number of nitrogens with one attached hydrogen (secondary N) is 1. The van der Waals surface area contributed by atoms with Gasteiger partial charge in [-0.05, 0) is 63.1 Å². The molecule has 0 aliphatic carbocycles. The van der Waals surface area contributed by atoms with E-state index in [4.69, 9.17) is 16.3 Å². The van der Waals surface area contributed by atoms with E-state index >= 15 is 0 Å². The molecule has 0 saturated carbocycles. The van der Waals surface area contributed by atoms with Gasteiger partial charge in [-0.2, -0.15) is 0 Å². The Balaban J connectivity index is 2.42. The minimum atomic E-state index is -3.82. The summed E-state index contributed by atoms with van der Waals surface area (Å²) < 4.78 is 31.4. The number of aryl methyl sites for hydroxylation is 1. The fourth-order valence-electron chi connectivity index (χ4n) is 3.31. The standard InChI is InChI=1S/C24H32ClN3O5S/c1-16(2)26-24(30)18(4)27(14-19-8-7-9-21(12-19)33-5)23(29)15-28(34(6,31)32)20-11-10-17(3)22(25)13-20/h7-13,16,18H,14-15H2,1-6H3,(H,26,30)/t18-/m1/s1. The van der Waals surface area contributed by atoms with Crippen LogP contribution in [0.1, 0.15) is 31.9 Å². The Bertz CT molecular complexity index is 1140. The van der Waals surface area contributed by atoms with Gasteiger partial charge in [0.2, 0.25) is 21.8 Å². The van der Waals surface area contributed by atoms with Crippen LogP contribution in [0.2, 0.25) is 5.02 Å². The van der Waals surface area contributed by atoms with Gasteiger partial charge in [-0.15, -0.1) is 0 Å². The molecule has 8 nitrogen and oxygen atoms in total. The number of halogens is 1. The lowest BCUT2D eigenvalue weighted by molar-refractivity contribution is -0.139. The average Bonchev–Trinajstić information content (AvgIpc) is 2.76. The number of benzene rings is 2. The molecule has 0 saturated heterocycles. The predicted molar refractivity (Wildman–Crippen MR) is 135 cm³/mol. The van der Waals surface area contributed by atoms with E-state index in [2.05, 4.69) is 5.32 Å². The van der Waals surface area contributed by atoms with Gasteiger partial charge in [0.25, 0.3) is 0 Å². The summed E-state index contributed by atoms with van der Waals surface area (Å²) >= 11 is 6.20. The first kappa shape index (κ1) is 27.5. The van der Waals surface area contributed by atoms with Gasteiger partial charge in [0, 0.05) is 17.6 Å². The molecule has 0 bridgehead atoms. The fraction of sp³-hybridized carbons (Fsp3) is 0.417. The number of ether oxygens (including phenoxy) is 1. The van der Waals surface area contributed by atoms with Gasteiger partial charge in [-0.1, -0.05) is 29.8 Å². The van der Waals surface area contributed by atoms with Crippen LogP contribution >= 0.6 is 11.6 Å². The number of hydrogen-bond acceptors (Lipinski definition) is 5. The molecular formula is C24H32ClN3O5S. The van der Waals surface area contributed by atoms with Crippen LogP contribution in [0.15, 0.2) is 42.5 Å². The van der Waals surface area contributed by atoms with Gasteiger partial charge in [0.15, 0.2) is 0 Å². The third-order valence-electron chi connectivity index (χ3n) is 5.21. The lowest BCUT2D eigenvalue weighted by atomic mass is 10.1. The number of anilines is 1. The van der Waals surface area contributed by atoms with Gasteiger partial charge in [0.05, 0.1) is 19.1 Å². The number of rotatable bonds is 10. The van der Waals surface area contributed by atoms with Crippen molar-refractivity contribution < 1.29 is 22.7 Å². The number of sulfonamides is 1. The highest BCUT2D eigenvalue weighted by molar-refractivity contribution is 7.92. The molecule has 0 aliphatic heterocycles. The van der Waals surface area contributed by atoms with Gasteiger partial charge >= 0.3 is 0 Å². The number of carbonyl (C=O) groups is 2. The molecule has 0 aromatic heterocycles. The summed E-state index contributed by atoms with van der Waals surface area (Å²) in [4.78, 5) is 27.6. The molecule has 34 heavy (non-hydrogen) atoms. The van der Waals surface area contributed by atoms with Crippen LogP contribution in [0.4, 0.5) is 5.69 Å². The molecule has 0 spiro atoms. The van der Waals surface area contributed by atoms with Crippen LogP contribution in [-0.2, 0) is 26.2 Å². The first-order valence-electron chi connectivity index (χ1n) is 10.8. The van der Waals surface area contributed by atoms with E-state index in [1.807, 2.05) is 19.9 Å². The van der Waals surface area contributed by atoms with Crippen molar-refractivity contribution in [3.8, 4) is 5.75 Å². The molecule has 0 unspecified atom stereocenters. The lowest BCUT2D eigenvalue weighted by Gasteiger charge is -2.32. The van der Waals surface area contributed by atoms with E-state index in [0.717, 1.165) is 21.7 Å². The van der Waals surface area contributed by atoms with Gasteiger partial charge < -0.3 is 15.0 Å². The zero-order valence-corrected chi connectivity index (χ0v) is 21.9. The number of methoxy groups -OCH3 is 1. The number of carbonyl (C=O) groups excluding carboxylic acids is 2. The van der Waals surface area contributed by atoms with Gasteiger partial charge in [-0.3, -0.25) is 13.9 Å². The summed E-state index contributed by atoms with van der Waals surface area (Å²) in [5, 5.41) is 3.19. The van der Waals surface area contributed by atoms with Crippen molar-refractivity contribution in [1.82, 2.24) is 10.2 Å².